The summed E-state index contributed by atoms with van der Waals surface area (Å²) in [4.78, 5) is 14.5. The van der Waals surface area contributed by atoms with Crippen LogP contribution in [0, 0.1) is 5.82 Å². The maximum atomic E-state index is 13.8. The van der Waals surface area contributed by atoms with E-state index in [2.05, 4.69) is 31.5 Å². The summed E-state index contributed by atoms with van der Waals surface area (Å²) in [5.74, 6) is -0.635. The molecule has 0 atom stereocenters. The molecule has 0 radical (unpaired) electrons. The SMILES string of the molecule is CC(C)(C(=O)Nc1ccc(Br)cc1F)N1CCNCC1. The molecule has 4 nitrogen and oxygen atoms in total. The summed E-state index contributed by atoms with van der Waals surface area (Å²) in [5.41, 5.74) is -0.455. The molecule has 1 aromatic rings. The number of halogens is 2. The van der Waals surface area contributed by atoms with Gasteiger partial charge in [-0.05, 0) is 32.0 Å². The molecule has 2 N–H and O–H groups in total. The summed E-state index contributed by atoms with van der Waals surface area (Å²) >= 11 is 3.20. The molecular formula is C14H19BrFN3O. The van der Waals surface area contributed by atoms with E-state index >= 15 is 0 Å². The van der Waals surface area contributed by atoms with Crippen LogP contribution in [0.25, 0.3) is 0 Å². The number of hydrogen-bond acceptors (Lipinski definition) is 3. The van der Waals surface area contributed by atoms with Crippen LogP contribution in [0.3, 0.4) is 0 Å². The molecule has 1 heterocycles. The average Bonchev–Trinajstić information content (AvgIpc) is 2.42. The van der Waals surface area contributed by atoms with Crippen molar-refractivity contribution in [1.82, 2.24) is 10.2 Å². The van der Waals surface area contributed by atoms with Gasteiger partial charge >= 0.3 is 0 Å². The Balaban J connectivity index is 2.09. The summed E-state index contributed by atoms with van der Waals surface area (Å²) in [6.45, 7) is 7.08. The van der Waals surface area contributed by atoms with Gasteiger partial charge in [-0.25, -0.2) is 4.39 Å². The molecule has 0 aromatic heterocycles. The van der Waals surface area contributed by atoms with E-state index in [4.69, 9.17) is 0 Å². The van der Waals surface area contributed by atoms with Gasteiger partial charge in [0.2, 0.25) is 5.91 Å². The molecule has 1 aliphatic heterocycles. The number of amides is 1. The van der Waals surface area contributed by atoms with Crippen molar-refractivity contribution >= 4 is 27.5 Å². The number of benzene rings is 1. The first-order valence-electron chi connectivity index (χ1n) is 6.63. The normalized spacial score (nSPS) is 17.0. The number of hydrogen-bond donors (Lipinski definition) is 2. The van der Waals surface area contributed by atoms with E-state index in [1.165, 1.54) is 6.07 Å². The summed E-state index contributed by atoms with van der Waals surface area (Å²) in [6.07, 6.45) is 0. The molecule has 0 saturated carbocycles. The monoisotopic (exact) mass is 343 g/mol. The molecule has 0 bridgehead atoms. The van der Waals surface area contributed by atoms with Crippen LogP contribution in [-0.4, -0.2) is 42.5 Å². The number of anilines is 1. The number of carbonyl (C=O) groups is 1. The van der Waals surface area contributed by atoms with Gasteiger partial charge in [0.25, 0.3) is 0 Å². The zero-order valence-corrected chi connectivity index (χ0v) is 13.3. The molecule has 110 valence electrons. The van der Waals surface area contributed by atoms with Crippen molar-refractivity contribution < 1.29 is 9.18 Å². The minimum atomic E-state index is -0.665. The van der Waals surface area contributed by atoms with Gasteiger partial charge in [-0.1, -0.05) is 15.9 Å². The summed E-state index contributed by atoms with van der Waals surface area (Å²) < 4.78 is 14.4. The Bertz CT molecular complexity index is 501. The minimum Gasteiger partial charge on any atom is -0.322 e. The first kappa shape index (κ1) is 15.4. The fraction of sp³-hybridized carbons (Fsp3) is 0.500. The standard InChI is InChI=1S/C14H19BrFN3O/c1-14(2,19-7-5-17-6-8-19)13(20)18-12-4-3-10(15)9-11(12)16/h3-4,9,17H,5-8H2,1-2H3,(H,18,20). The third kappa shape index (κ3) is 3.37. The van der Waals surface area contributed by atoms with Crippen LogP contribution in [0.15, 0.2) is 22.7 Å². The Morgan fingerprint density at radius 2 is 2.05 bits per heavy atom. The smallest absolute Gasteiger partial charge is 0.244 e. The second kappa shape index (κ2) is 6.20. The van der Waals surface area contributed by atoms with Gasteiger partial charge in [0.1, 0.15) is 5.82 Å². The molecule has 1 aliphatic rings. The van der Waals surface area contributed by atoms with E-state index in [9.17, 15) is 9.18 Å². The maximum Gasteiger partial charge on any atom is 0.244 e. The fourth-order valence-electron chi connectivity index (χ4n) is 2.23. The van der Waals surface area contributed by atoms with E-state index in [-0.39, 0.29) is 11.6 Å². The largest absolute Gasteiger partial charge is 0.322 e. The fourth-order valence-corrected chi connectivity index (χ4v) is 2.57. The lowest BCUT2D eigenvalue weighted by Crippen LogP contribution is -2.58. The van der Waals surface area contributed by atoms with Gasteiger partial charge in [-0.3, -0.25) is 9.69 Å². The Hall–Kier alpha value is -0.980. The van der Waals surface area contributed by atoms with Crippen molar-refractivity contribution in [2.75, 3.05) is 31.5 Å². The van der Waals surface area contributed by atoms with E-state index in [0.29, 0.717) is 4.47 Å². The number of piperazine rings is 1. The lowest BCUT2D eigenvalue weighted by molar-refractivity contribution is -0.126. The highest BCUT2D eigenvalue weighted by molar-refractivity contribution is 9.10. The number of rotatable bonds is 3. The van der Waals surface area contributed by atoms with Gasteiger partial charge in [0, 0.05) is 30.7 Å². The molecule has 1 amide bonds. The van der Waals surface area contributed by atoms with Gasteiger partial charge < -0.3 is 10.6 Å². The Kier molecular flexibility index (Phi) is 4.78. The lowest BCUT2D eigenvalue weighted by atomic mass is 10.0. The second-order valence-electron chi connectivity index (χ2n) is 5.37. The van der Waals surface area contributed by atoms with Gasteiger partial charge in [-0.2, -0.15) is 0 Å². The van der Waals surface area contributed by atoms with Crippen molar-refractivity contribution in [2.45, 2.75) is 19.4 Å². The molecule has 1 fully saturated rings. The first-order valence-corrected chi connectivity index (χ1v) is 7.43. The van der Waals surface area contributed by atoms with E-state index < -0.39 is 11.4 Å². The van der Waals surface area contributed by atoms with E-state index in [1.807, 2.05) is 13.8 Å². The number of nitrogens with one attached hydrogen (secondary N) is 2. The third-order valence-corrected chi connectivity index (χ3v) is 4.14. The molecule has 1 aromatic carbocycles. The Morgan fingerprint density at radius 1 is 1.40 bits per heavy atom. The highest BCUT2D eigenvalue weighted by atomic mass is 79.9. The Morgan fingerprint density at radius 3 is 2.65 bits per heavy atom. The molecule has 20 heavy (non-hydrogen) atoms. The highest BCUT2D eigenvalue weighted by Gasteiger charge is 2.35. The topological polar surface area (TPSA) is 44.4 Å². The number of carbonyl (C=O) groups excluding carboxylic acids is 1. The first-order chi connectivity index (χ1) is 9.41. The third-order valence-electron chi connectivity index (χ3n) is 3.64. The van der Waals surface area contributed by atoms with Gasteiger partial charge in [-0.15, -0.1) is 0 Å². The summed E-state index contributed by atoms with van der Waals surface area (Å²) in [6, 6.07) is 4.61. The maximum absolute atomic E-state index is 13.8. The number of nitrogens with zero attached hydrogens (tertiary/aromatic N) is 1. The van der Waals surface area contributed by atoms with Crippen LogP contribution in [0.4, 0.5) is 10.1 Å². The second-order valence-corrected chi connectivity index (χ2v) is 6.29. The van der Waals surface area contributed by atoms with Crippen molar-refractivity contribution in [3.8, 4) is 0 Å². The average molecular weight is 344 g/mol. The van der Waals surface area contributed by atoms with Crippen LogP contribution < -0.4 is 10.6 Å². The predicted molar refractivity (Wildman–Crippen MR) is 81.3 cm³/mol. The summed E-state index contributed by atoms with van der Waals surface area (Å²) in [7, 11) is 0. The highest BCUT2D eigenvalue weighted by Crippen LogP contribution is 2.22. The van der Waals surface area contributed by atoms with Crippen LogP contribution in [0.1, 0.15) is 13.8 Å². The van der Waals surface area contributed by atoms with Crippen LogP contribution in [-0.2, 0) is 4.79 Å². The Labute approximate surface area is 126 Å². The van der Waals surface area contributed by atoms with Gasteiger partial charge in [0.05, 0.1) is 11.2 Å². The van der Waals surface area contributed by atoms with Crippen LogP contribution >= 0.6 is 15.9 Å². The van der Waals surface area contributed by atoms with Crippen molar-refractivity contribution in [3.63, 3.8) is 0 Å². The van der Waals surface area contributed by atoms with Crippen molar-refractivity contribution in [3.05, 3.63) is 28.5 Å². The molecule has 6 heteroatoms. The quantitative estimate of drug-likeness (QED) is 0.884. The molecule has 0 aliphatic carbocycles. The van der Waals surface area contributed by atoms with E-state index in [1.54, 1.807) is 12.1 Å². The summed E-state index contributed by atoms with van der Waals surface area (Å²) in [5, 5.41) is 5.93. The molecule has 2 rings (SSSR count). The van der Waals surface area contributed by atoms with Crippen molar-refractivity contribution in [1.29, 1.82) is 0 Å². The zero-order valence-electron chi connectivity index (χ0n) is 11.7. The van der Waals surface area contributed by atoms with Crippen LogP contribution in [0.2, 0.25) is 0 Å². The van der Waals surface area contributed by atoms with E-state index in [0.717, 1.165) is 26.2 Å². The van der Waals surface area contributed by atoms with Crippen molar-refractivity contribution in [2.24, 2.45) is 0 Å². The predicted octanol–water partition coefficient (Wildman–Crippen LogP) is 2.21. The molecule has 0 spiro atoms. The molecular weight excluding hydrogens is 325 g/mol. The van der Waals surface area contributed by atoms with Gasteiger partial charge in [0.15, 0.2) is 0 Å². The molecule has 1 saturated heterocycles. The zero-order chi connectivity index (χ0) is 14.8. The minimum absolute atomic E-state index is 0.194. The molecule has 0 unspecified atom stereocenters. The van der Waals surface area contributed by atoms with Crippen LogP contribution in [0.5, 0.6) is 0 Å². The lowest BCUT2D eigenvalue weighted by Gasteiger charge is -2.39.